The van der Waals surface area contributed by atoms with Gasteiger partial charge >= 0.3 is 5.97 Å². The maximum atomic E-state index is 11.8. The molecule has 1 aliphatic carbocycles. The van der Waals surface area contributed by atoms with E-state index in [1.54, 1.807) is 0 Å². The van der Waals surface area contributed by atoms with Crippen LogP contribution in [0.25, 0.3) is 0 Å². The van der Waals surface area contributed by atoms with Crippen LogP contribution in [0.3, 0.4) is 0 Å². The lowest BCUT2D eigenvalue weighted by molar-refractivity contribution is -0.149. The van der Waals surface area contributed by atoms with Crippen molar-refractivity contribution < 1.29 is 9.53 Å². The lowest BCUT2D eigenvalue weighted by Crippen LogP contribution is -2.44. The predicted molar refractivity (Wildman–Crippen MR) is 85.2 cm³/mol. The van der Waals surface area contributed by atoms with Gasteiger partial charge in [-0.3, -0.25) is 4.79 Å². The molecule has 0 amide bonds. The third-order valence-electron chi connectivity index (χ3n) is 5.13. The highest BCUT2D eigenvalue weighted by atomic mass is 16.5. The Morgan fingerprint density at radius 3 is 2.52 bits per heavy atom. The maximum absolute atomic E-state index is 11.8. The van der Waals surface area contributed by atoms with Crippen molar-refractivity contribution in [1.29, 1.82) is 0 Å². The topological polar surface area (TPSA) is 41.6 Å². The Balaban J connectivity index is 1.77. The second-order valence-electron chi connectivity index (χ2n) is 6.56. The third-order valence-corrected chi connectivity index (χ3v) is 5.13. The van der Waals surface area contributed by atoms with Crippen LogP contribution in [0.15, 0.2) is 0 Å². The molecule has 1 atom stereocenters. The largest absolute Gasteiger partial charge is 0.466 e. The fourth-order valence-corrected chi connectivity index (χ4v) is 3.88. The lowest BCUT2D eigenvalue weighted by Gasteiger charge is -2.38. The zero-order valence-electron chi connectivity index (χ0n) is 13.8. The summed E-state index contributed by atoms with van der Waals surface area (Å²) in [6.45, 7) is 9.38. The molecule has 0 aromatic heterocycles. The number of hydrogen-bond acceptors (Lipinski definition) is 4. The minimum atomic E-state index is 0.0236. The van der Waals surface area contributed by atoms with Gasteiger partial charge in [-0.1, -0.05) is 6.92 Å². The first-order chi connectivity index (χ1) is 10.2. The van der Waals surface area contributed by atoms with Crippen molar-refractivity contribution in [1.82, 2.24) is 10.2 Å². The maximum Gasteiger partial charge on any atom is 0.308 e. The van der Waals surface area contributed by atoms with Crippen molar-refractivity contribution in [3.05, 3.63) is 0 Å². The van der Waals surface area contributed by atoms with Gasteiger partial charge in [0.15, 0.2) is 0 Å². The average molecular weight is 296 g/mol. The molecule has 122 valence electrons. The van der Waals surface area contributed by atoms with Crippen LogP contribution in [-0.2, 0) is 9.53 Å². The number of rotatable bonds is 6. The Morgan fingerprint density at radius 1 is 1.19 bits per heavy atom. The first kappa shape index (κ1) is 16.8. The average Bonchev–Trinajstić information content (AvgIpc) is 2.54. The van der Waals surface area contributed by atoms with Gasteiger partial charge in [0, 0.05) is 12.6 Å². The van der Waals surface area contributed by atoms with Crippen LogP contribution in [0.1, 0.15) is 52.4 Å². The Morgan fingerprint density at radius 2 is 1.95 bits per heavy atom. The van der Waals surface area contributed by atoms with Crippen molar-refractivity contribution in [3.63, 3.8) is 0 Å². The van der Waals surface area contributed by atoms with Gasteiger partial charge < -0.3 is 15.0 Å². The molecule has 1 heterocycles. The first-order valence-corrected chi connectivity index (χ1v) is 8.86. The summed E-state index contributed by atoms with van der Waals surface area (Å²) in [6.07, 6.45) is 6.99. The monoisotopic (exact) mass is 296 g/mol. The molecule has 1 saturated carbocycles. The fourth-order valence-electron chi connectivity index (χ4n) is 3.88. The number of nitrogens with zero attached hydrogens (tertiary/aromatic N) is 1. The molecule has 0 aromatic carbocycles. The lowest BCUT2D eigenvalue weighted by atomic mass is 9.84. The van der Waals surface area contributed by atoms with E-state index in [9.17, 15) is 4.79 Å². The minimum absolute atomic E-state index is 0.0236. The molecule has 1 saturated heterocycles. The van der Waals surface area contributed by atoms with Gasteiger partial charge in [-0.05, 0) is 71.0 Å². The molecule has 0 bridgehead atoms. The van der Waals surface area contributed by atoms with E-state index in [-0.39, 0.29) is 11.9 Å². The van der Waals surface area contributed by atoms with Crippen molar-refractivity contribution >= 4 is 5.97 Å². The van der Waals surface area contributed by atoms with E-state index in [4.69, 9.17) is 4.74 Å². The number of nitrogens with one attached hydrogen (secondary N) is 1. The van der Waals surface area contributed by atoms with Crippen LogP contribution >= 0.6 is 0 Å². The molecule has 2 rings (SSSR count). The van der Waals surface area contributed by atoms with E-state index in [0.717, 1.165) is 38.1 Å². The molecular weight excluding hydrogens is 264 g/mol. The quantitative estimate of drug-likeness (QED) is 0.764. The number of carbonyl (C=O) groups is 1. The molecule has 1 aliphatic heterocycles. The van der Waals surface area contributed by atoms with E-state index < -0.39 is 0 Å². The number of esters is 1. The van der Waals surface area contributed by atoms with Crippen molar-refractivity contribution in [2.75, 3.05) is 32.8 Å². The number of carbonyl (C=O) groups excluding carboxylic acids is 1. The summed E-state index contributed by atoms with van der Waals surface area (Å²) in [4.78, 5) is 14.5. The van der Waals surface area contributed by atoms with E-state index in [2.05, 4.69) is 17.1 Å². The number of piperidine rings is 1. The SMILES string of the molecule is CCOC(=O)C1CCC(N(CC)CC2CCCNC2)CC1. The Bertz CT molecular complexity index is 308. The molecule has 2 aliphatic rings. The van der Waals surface area contributed by atoms with Crippen LogP contribution in [0.2, 0.25) is 0 Å². The van der Waals surface area contributed by atoms with Crippen LogP contribution in [-0.4, -0.2) is 49.7 Å². The smallest absolute Gasteiger partial charge is 0.308 e. The molecule has 4 heteroatoms. The summed E-state index contributed by atoms with van der Waals surface area (Å²) in [5.41, 5.74) is 0. The van der Waals surface area contributed by atoms with E-state index in [1.807, 2.05) is 6.92 Å². The first-order valence-electron chi connectivity index (χ1n) is 8.86. The van der Waals surface area contributed by atoms with Crippen LogP contribution in [0.4, 0.5) is 0 Å². The highest BCUT2D eigenvalue weighted by molar-refractivity contribution is 5.72. The molecule has 21 heavy (non-hydrogen) atoms. The van der Waals surface area contributed by atoms with Gasteiger partial charge in [0.1, 0.15) is 0 Å². The fraction of sp³-hybridized carbons (Fsp3) is 0.941. The molecule has 1 unspecified atom stereocenters. The summed E-state index contributed by atoms with van der Waals surface area (Å²) in [7, 11) is 0. The van der Waals surface area contributed by atoms with Gasteiger partial charge in [0.2, 0.25) is 0 Å². The van der Waals surface area contributed by atoms with Crippen molar-refractivity contribution in [3.8, 4) is 0 Å². The van der Waals surface area contributed by atoms with Gasteiger partial charge in [-0.15, -0.1) is 0 Å². The molecule has 0 aromatic rings. The van der Waals surface area contributed by atoms with Crippen molar-refractivity contribution in [2.45, 2.75) is 58.4 Å². The van der Waals surface area contributed by atoms with E-state index in [0.29, 0.717) is 12.6 Å². The summed E-state index contributed by atoms with van der Waals surface area (Å²) >= 11 is 0. The molecule has 0 spiro atoms. The third kappa shape index (κ3) is 4.96. The summed E-state index contributed by atoms with van der Waals surface area (Å²) in [5, 5.41) is 3.52. The zero-order valence-corrected chi connectivity index (χ0v) is 13.8. The van der Waals surface area contributed by atoms with Crippen LogP contribution in [0.5, 0.6) is 0 Å². The highest BCUT2D eigenvalue weighted by Gasteiger charge is 2.30. The van der Waals surface area contributed by atoms with E-state index >= 15 is 0 Å². The van der Waals surface area contributed by atoms with Gasteiger partial charge in [-0.2, -0.15) is 0 Å². The standard InChI is InChI=1S/C17H32N2O2/c1-3-19(13-14-6-5-11-18-12-14)16-9-7-15(8-10-16)17(20)21-4-2/h14-16,18H,3-13H2,1-2H3. The summed E-state index contributed by atoms with van der Waals surface area (Å²) in [5.74, 6) is 0.980. The summed E-state index contributed by atoms with van der Waals surface area (Å²) in [6, 6.07) is 0.669. The van der Waals surface area contributed by atoms with Crippen LogP contribution < -0.4 is 5.32 Å². The van der Waals surface area contributed by atoms with Gasteiger partial charge in [0.25, 0.3) is 0 Å². The van der Waals surface area contributed by atoms with Gasteiger partial charge in [-0.25, -0.2) is 0 Å². The molecule has 2 fully saturated rings. The Hall–Kier alpha value is -0.610. The highest BCUT2D eigenvalue weighted by Crippen LogP contribution is 2.29. The normalized spacial score (nSPS) is 30.3. The molecule has 0 radical (unpaired) electrons. The Kier molecular flexibility index (Phi) is 6.97. The number of hydrogen-bond donors (Lipinski definition) is 1. The molecule has 4 nitrogen and oxygen atoms in total. The molecule has 1 N–H and O–H groups in total. The zero-order chi connectivity index (χ0) is 15.1. The van der Waals surface area contributed by atoms with Crippen molar-refractivity contribution in [2.24, 2.45) is 11.8 Å². The second kappa shape index (κ2) is 8.74. The van der Waals surface area contributed by atoms with E-state index in [1.165, 1.54) is 32.5 Å². The minimum Gasteiger partial charge on any atom is -0.466 e. The van der Waals surface area contributed by atoms with Gasteiger partial charge in [0.05, 0.1) is 12.5 Å². The second-order valence-corrected chi connectivity index (χ2v) is 6.56. The van der Waals surface area contributed by atoms with Crippen LogP contribution in [0, 0.1) is 11.8 Å². The molecular formula is C17H32N2O2. The number of ether oxygens (including phenoxy) is 1. The Labute approximate surface area is 129 Å². The predicted octanol–water partition coefficient (Wildman–Crippen LogP) is 2.43. The summed E-state index contributed by atoms with van der Waals surface area (Å²) < 4.78 is 5.16.